The number of benzene rings is 1. The average Bonchev–Trinajstić information content (AvgIpc) is 2.52. The van der Waals surface area contributed by atoms with Crippen LogP contribution in [-0.2, 0) is 24.3 Å². The second-order valence-corrected chi connectivity index (χ2v) is 7.05. The Hall–Kier alpha value is -2.00. The van der Waals surface area contributed by atoms with Gasteiger partial charge in [0, 0.05) is 5.69 Å². The number of sulfonamides is 1. The molecule has 1 aromatic carbocycles. The molecule has 9 heteroatoms. The second-order valence-electron chi connectivity index (χ2n) is 5.17. The van der Waals surface area contributed by atoms with Crippen molar-refractivity contribution in [2.45, 2.75) is 32.7 Å². The summed E-state index contributed by atoms with van der Waals surface area (Å²) in [6, 6.07) is 3.98. The van der Waals surface area contributed by atoms with Crippen molar-refractivity contribution in [3.8, 4) is 0 Å². The first-order valence-electron chi connectivity index (χ1n) is 7.45. The van der Waals surface area contributed by atoms with Crippen molar-refractivity contribution >= 4 is 27.6 Å². The van der Waals surface area contributed by atoms with Gasteiger partial charge in [-0.2, -0.15) is 0 Å². The monoisotopic (exact) mass is 360 g/mol. The lowest BCUT2D eigenvalue weighted by molar-refractivity contribution is -0.148. The molecule has 0 saturated heterocycles. The first kappa shape index (κ1) is 20.0. The molecule has 0 spiro atoms. The summed E-state index contributed by atoms with van der Waals surface area (Å²) in [4.78, 5) is 23.3. The number of hydrogen-bond donors (Lipinski definition) is 2. The van der Waals surface area contributed by atoms with E-state index in [1.165, 1.54) is 31.2 Å². The van der Waals surface area contributed by atoms with Crippen molar-refractivity contribution in [1.29, 1.82) is 0 Å². The summed E-state index contributed by atoms with van der Waals surface area (Å²) in [5.41, 5.74) is 0.353. The van der Waals surface area contributed by atoms with Gasteiger partial charge in [-0.3, -0.25) is 9.59 Å². The lowest BCUT2D eigenvalue weighted by atomic mass is 10.3. The van der Waals surface area contributed by atoms with Gasteiger partial charge in [-0.05, 0) is 37.6 Å². The summed E-state index contributed by atoms with van der Waals surface area (Å²) in [6.07, 6.45) is 1.19. The highest BCUT2D eigenvalue weighted by Crippen LogP contribution is 2.08. The highest BCUT2D eigenvalue weighted by Gasteiger charge is 2.21. The van der Waals surface area contributed by atoms with E-state index in [4.69, 9.17) is 4.74 Å². The smallest absolute Gasteiger partial charge is 0.324 e. The molecule has 134 valence electrons. The molecule has 0 fully saturated rings. The largest absolute Gasteiger partial charge is 0.454 e. The third kappa shape index (κ3) is 7.51. The number of anilines is 1. The van der Waals surface area contributed by atoms with Crippen molar-refractivity contribution in [3.63, 3.8) is 0 Å². The molecule has 1 rings (SSSR count). The molecule has 24 heavy (non-hydrogen) atoms. The molecular formula is C15H21FN2O5S. The molecule has 0 aliphatic heterocycles. The fourth-order valence-corrected chi connectivity index (χ4v) is 3.12. The predicted octanol–water partition coefficient (Wildman–Crippen LogP) is 1.42. The number of esters is 1. The van der Waals surface area contributed by atoms with Gasteiger partial charge in [0.2, 0.25) is 10.0 Å². The molecule has 0 aliphatic rings. The Morgan fingerprint density at radius 1 is 1.25 bits per heavy atom. The van der Waals surface area contributed by atoms with E-state index in [2.05, 4.69) is 10.0 Å². The van der Waals surface area contributed by atoms with E-state index in [1.807, 2.05) is 6.92 Å². The first-order chi connectivity index (χ1) is 11.2. The van der Waals surface area contributed by atoms with Crippen LogP contribution in [0, 0.1) is 5.82 Å². The lowest BCUT2D eigenvalue weighted by Gasteiger charge is -2.13. The summed E-state index contributed by atoms with van der Waals surface area (Å²) >= 11 is 0. The summed E-state index contributed by atoms with van der Waals surface area (Å²) in [6.45, 7) is 2.62. The molecule has 0 saturated carbocycles. The Balaban J connectivity index is 2.41. The van der Waals surface area contributed by atoms with Crippen molar-refractivity contribution < 1.29 is 27.1 Å². The van der Waals surface area contributed by atoms with Gasteiger partial charge in [0.25, 0.3) is 5.91 Å². The van der Waals surface area contributed by atoms with E-state index < -0.39 is 40.4 Å². The Kier molecular flexibility index (Phi) is 7.80. The van der Waals surface area contributed by atoms with Crippen LogP contribution in [0.5, 0.6) is 0 Å². The van der Waals surface area contributed by atoms with Gasteiger partial charge in [-0.25, -0.2) is 17.5 Å². The van der Waals surface area contributed by atoms with Crippen LogP contribution in [-0.4, -0.2) is 38.7 Å². The van der Waals surface area contributed by atoms with Gasteiger partial charge in [-0.15, -0.1) is 0 Å². The van der Waals surface area contributed by atoms with Gasteiger partial charge in [0.05, 0.1) is 5.75 Å². The molecule has 0 radical (unpaired) electrons. The molecule has 2 N–H and O–H groups in total. The van der Waals surface area contributed by atoms with Crippen LogP contribution in [0.2, 0.25) is 0 Å². The van der Waals surface area contributed by atoms with Gasteiger partial charge in [-0.1, -0.05) is 13.3 Å². The maximum absolute atomic E-state index is 12.7. The predicted molar refractivity (Wildman–Crippen MR) is 87.3 cm³/mol. The standard InChI is InChI=1S/C15H21FN2O5S/c1-3-4-9-24(21,22)18-11(2)15(20)23-10-14(19)17-13-7-5-12(16)6-8-13/h5-8,11,18H,3-4,9-10H2,1-2H3,(H,17,19)/t11-/m0/s1. The number of hydrogen-bond acceptors (Lipinski definition) is 5. The van der Waals surface area contributed by atoms with E-state index in [-0.39, 0.29) is 5.75 Å². The van der Waals surface area contributed by atoms with E-state index in [0.29, 0.717) is 18.5 Å². The molecular weight excluding hydrogens is 339 g/mol. The van der Waals surface area contributed by atoms with Gasteiger partial charge >= 0.3 is 5.97 Å². The van der Waals surface area contributed by atoms with E-state index >= 15 is 0 Å². The number of carbonyl (C=O) groups is 2. The van der Waals surface area contributed by atoms with Gasteiger partial charge < -0.3 is 10.1 Å². The molecule has 0 heterocycles. The minimum atomic E-state index is -3.57. The van der Waals surface area contributed by atoms with Crippen LogP contribution in [0.1, 0.15) is 26.7 Å². The number of unbranched alkanes of at least 4 members (excludes halogenated alkanes) is 1. The molecule has 0 bridgehead atoms. The highest BCUT2D eigenvalue weighted by atomic mass is 32.2. The summed E-state index contributed by atoms with van der Waals surface area (Å²) < 4.78 is 43.1. The number of amides is 1. The van der Waals surface area contributed by atoms with E-state index in [1.54, 1.807) is 0 Å². The average molecular weight is 360 g/mol. The zero-order chi connectivity index (χ0) is 18.2. The normalized spacial score (nSPS) is 12.5. The van der Waals surface area contributed by atoms with Crippen molar-refractivity contribution in [1.82, 2.24) is 4.72 Å². The van der Waals surface area contributed by atoms with Gasteiger partial charge in [0.15, 0.2) is 6.61 Å². The molecule has 0 aliphatic carbocycles. The maximum Gasteiger partial charge on any atom is 0.324 e. The second kappa shape index (κ2) is 9.33. The maximum atomic E-state index is 12.7. The van der Waals surface area contributed by atoms with E-state index in [9.17, 15) is 22.4 Å². The Morgan fingerprint density at radius 2 is 1.88 bits per heavy atom. The summed E-state index contributed by atoms with van der Waals surface area (Å²) in [5.74, 6) is -1.99. The van der Waals surface area contributed by atoms with Crippen LogP contribution >= 0.6 is 0 Å². The summed E-state index contributed by atoms with van der Waals surface area (Å²) in [5, 5.41) is 2.42. The topological polar surface area (TPSA) is 102 Å². The lowest BCUT2D eigenvalue weighted by Crippen LogP contribution is -2.41. The number of ether oxygens (including phenoxy) is 1. The fraction of sp³-hybridized carbons (Fsp3) is 0.467. The third-order valence-corrected chi connectivity index (χ3v) is 4.49. The molecule has 7 nitrogen and oxygen atoms in total. The van der Waals surface area contributed by atoms with Crippen LogP contribution < -0.4 is 10.0 Å². The fourth-order valence-electron chi connectivity index (χ4n) is 1.70. The quantitative estimate of drug-likeness (QED) is 0.649. The van der Waals surface area contributed by atoms with Crippen LogP contribution in [0.4, 0.5) is 10.1 Å². The minimum absolute atomic E-state index is 0.0772. The van der Waals surface area contributed by atoms with Crippen LogP contribution in [0.25, 0.3) is 0 Å². The Labute approximate surface area is 140 Å². The molecule has 1 aromatic rings. The SMILES string of the molecule is CCCCS(=O)(=O)N[C@@H](C)C(=O)OCC(=O)Nc1ccc(F)cc1. The number of halogens is 1. The van der Waals surface area contributed by atoms with Crippen molar-refractivity contribution in [2.24, 2.45) is 0 Å². The van der Waals surface area contributed by atoms with Gasteiger partial charge in [0.1, 0.15) is 11.9 Å². The zero-order valence-corrected chi connectivity index (χ0v) is 14.4. The molecule has 1 atom stereocenters. The minimum Gasteiger partial charge on any atom is -0.454 e. The van der Waals surface area contributed by atoms with Crippen LogP contribution in [0.3, 0.4) is 0 Å². The first-order valence-corrected chi connectivity index (χ1v) is 9.11. The molecule has 1 amide bonds. The van der Waals surface area contributed by atoms with Crippen LogP contribution in [0.15, 0.2) is 24.3 Å². The Bertz CT molecular complexity index is 661. The Morgan fingerprint density at radius 3 is 2.46 bits per heavy atom. The highest BCUT2D eigenvalue weighted by molar-refractivity contribution is 7.89. The third-order valence-electron chi connectivity index (χ3n) is 2.95. The molecule has 0 aromatic heterocycles. The van der Waals surface area contributed by atoms with E-state index in [0.717, 1.165) is 0 Å². The zero-order valence-electron chi connectivity index (χ0n) is 13.5. The number of carbonyl (C=O) groups excluding carboxylic acids is 2. The van der Waals surface area contributed by atoms with Crippen molar-refractivity contribution in [2.75, 3.05) is 17.7 Å². The number of nitrogens with one attached hydrogen (secondary N) is 2. The summed E-state index contributed by atoms with van der Waals surface area (Å²) in [7, 11) is -3.57. The number of rotatable bonds is 9. The molecule has 0 unspecified atom stereocenters. The van der Waals surface area contributed by atoms with Crippen molar-refractivity contribution in [3.05, 3.63) is 30.1 Å².